The molecular weight excluding hydrogens is 228 g/mol. The lowest BCUT2D eigenvalue weighted by Crippen LogP contribution is -1.79. The molecule has 2 nitrogen and oxygen atoms in total. The van der Waals surface area contributed by atoms with Crippen molar-refractivity contribution < 1.29 is 0 Å². The molecule has 0 amide bonds. The van der Waals surface area contributed by atoms with Crippen LogP contribution in [0.4, 0.5) is 0 Å². The third-order valence-electron chi connectivity index (χ3n) is 1.93. The van der Waals surface area contributed by atoms with Gasteiger partial charge in [0.1, 0.15) is 0 Å². The monoisotopic (exact) mass is 236 g/mol. The van der Waals surface area contributed by atoms with Gasteiger partial charge in [0, 0.05) is 5.56 Å². The van der Waals surface area contributed by atoms with Gasteiger partial charge in [-0.1, -0.05) is 29.8 Å². The van der Waals surface area contributed by atoms with Crippen LogP contribution in [0.25, 0.3) is 11.3 Å². The molecule has 1 aromatic carbocycles. The Hall–Kier alpha value is -1.09. The summed E-state index contributed by atoms with van der Waals surface area (Å²) in [5.41, 5.74) is 3.44. The van der Waals surface area contributed by atoms with Gasteiger partial charge in [-0.25, -0.2) is 0 Å². The summed E-state index contributed by atoms with van der Waals surface area (Å²) in [6, 6.07) is 8.33. The van der Waals surface area contributed by atoms with Gasteiger partial charge in [-0.15, -0.1) is 0 Å². The third-order valence-corrected chi connectivity index (χ3v) is 2.53. The zero-order valence-electron chi connectivity index (χ0n) is 7.21. The molecular formula is C10H9BrN2. The molecule has 0 saturated heterocycles. The number of aryl methyl sites for hydroxylation is 1. The van der Waals surface area contributed by atoms with Crippen molar-refractivity contribution in [3.63, 3.8) is 0 Å². The summed E-state index contributed by atoms with van der Waals surface area (Å²) in [5.74, 6) is 0. The zero-order chi connectivity index (χ0) is 9.26. The van der Waals surface area contributed by atoms with Crippen LogP contribution in [0.1, 0.15) is 5.56 Å². The molecule has 0 saturated carbocycles. The number of hydrogen-bond acceptors (Lipinski definition) is 1. The molecule has 1 N–H and O–H groups in total. The number of halogens is 1. The van der Waals surface area contributed by atoms with E-state index in [0.29, 0.717) is 0 Å². The summed E-state index contributed by atoms with van der Waals surface area (Å²) in [4.78, 5) is 0. The molecule has 0 aliphatic rings. The average Bonchev–Trinajstić information content (AvgIpc) is 2.53. The molecule has 0 fully saturated rings. The first kappa shape index (κ1) is 8.51. The molecule has 3 heteroatoms. The summed E-state index contributed by atoms with van der Waals surface area (Å²) >= 11 is 3.43. The minimum atomic E-state index is 0.997. The number of aromatic nitrogens is 2. The largest absolute Gasteiger partial charge is 0.277 e. The summed E-state index contributed by atoms with van der Waals surface area (Å²) in [6.07, 6.45) is 1.76. The van der Waals surface area contributed by atoms with E-state index in [1.54, 1.807) is 6.20 Å². The van der Waals surface area contributed by atoms with E-state index in [1.807, 2.05) is 0 Å². The van der Waals surface area contributed by atoms with Crippen molar-refractivity contribution >= 4 is 15.9 Å². The molecule has 0 radical (unpaired) electrons. The van der Waals surface area contributed by atoms with Crippen LogP contribution in [0, 0.1) is 6.92 Å². The van der Waals surface area contributed by atoms with Crippen molar-refractivity contribution in [1.29, 1.82) is 0 Å². The van der Waals surface area contributed by atoms with Crippen LogP contribution in [-0.2, 0) is 0 Å². The zero-order valence-corrected chi connectivity index (χ0v) is 8.80. The van der Waals surface area contributed by atoms with Gasteiger partial charge in [0.25, 0.3) is 0 Å². The van der Waals surface area contributed by atoms with Crippen molar-refractivity contribution in [1.82, 2.24) is 10.2 Å². The van der Waals surface area contributed by atoms with Crippen molar-refractivity contribution in [3.8, 4) is 11.3 Å². The van der Waals surface area contributed by atoms with E-state index in [9.17, 15) is 0 Å². The highest BCUT2D eigenvalue weighted by Gasteiger charge is 2.03. The number of aromatic amines is 1. The Bertz CT molecular complexity index is 403. The summed E-state index contributed by atoms with van der Waals surface area (Å²) in [7, 11) is 0. The summed E-state index contributed by atoms with van der Waals surface area (Å²) < 4.78 is 0.997. The van der Waals surface area contributed by atoms with E-state index >= 15 is 0 Å². The highest BCUT2D eigenvalue weighted by atomic mass is 79.9. The number of benzene rings is 1. The van der Waals surface area contributed by atoms with Crippen LogP contribution in [0.2, 0.25) is 0 Å². The maximum absolute atomic E-state index is 3.95. The molecule has 0 unspecified atom stereocenters. The number of H-pyrrole nitrogens is 1. The Labute approximate surface area is 85.1 Å². The SMILES string of the molecule is Cc1ccc(-c2[nH]ncc2Br)cc1. The van der Waals surface area contributed by atoms with Gasteiger partial charge in [-0.2, -0.15) is 5.10 Å². The number of hydrogen-bond donors (Lipinski definition) is 1. The van der Waals surface area contributed by atoms with Gasteiger partial charge in [0.2, 0.25) is 0 Å². The number of rotatable bonds is 1. The molecule has 0 atom stereocenters. The topological polar surface area (TPSA) is 28.7 Å². The van der Waals surface area contributed by atoms with Crippen molar-refractivity contribution in [2.45, 2.75) is 6.92 Å². The Balaban J connectivity index is 2.47. The van der Waals surface area contributed by atoms with Gasteiger partial charge in [0.05, 0.1) is 16.4 Å². The van der Waals surface area contributed by atoms with Gasteiger partial charge in [-0.3, -0.25) is 5.10 Å². The first-order valence-electron chi connectivity index (χ1n) is 4.03. The molecule has 0 bridgehead atoms. The van der Waals surface area contributed by atoms with Crippen molar-refractivity contribution in [3.05, 3.63) is 40.5 Å². The first-order chi connectivity index (χ1) is 6.27. The molecule has 0 aliphatic heterocycles. The van der Waals surface area contributed by atoms with E-state index in [2.05, 4.69) is 57.3 Å². The second-order valence-corrected chi connectivity index (χ2v) is 3.81. The summed E-state index contributed by atoms with van der Waals surface area (Å²) in [6.45, 7) is 2.08. The second kappa shape index (κ2) is 3.34. The predicted octanol–water partition coefficient (Wildman–Crippen LogP) is 3.15. The lowest BCUT2D eigenvalue weighted by atomic mass is 10.1. The Morgan fingerprint density at radius 2 is 1.92 bits per heavy atom. The fourth-order valence-electron chi connectivity index (χ4n) is 1.19. The van der Waals surface area contributed by atoms with Crippen molar-refractivity contribution in [2.75, 3.05) is 0 Å². The summed E-state index contributed by atoms with van der Waals surface area (Å²) in [5, 5.41) is 6.89. The van der Waals surface area contributed by atoms with Crippen LogP contribution < -0.4 is 0 Å². The van der Waals surface area contributed by atoms with E-state index in [1.165, 1.54) is 5.56 Å². The molecule has 0 spiro atoms. The fraction of sp³-hybridized carbons (Fsp3) is 0.100. The molecule has 13 heavy (non-hydrogen) atoms. The lowest BCUT2D eigenvalue weighted by molar-refractivity contribution is 1.09. The highest BCUT2D eigenvalue weighted by molar-refractivity contribution is 9.10. The van der Waals surface area contributed by atoms with Gasteiger partial charge in [0.15, 0.2) is 0 Å². The molecule has 2 rings (SSSR count). The van der Waals surface area contributed by atoms with Crippen LogP contribution in [-0.4, -0.2) is 10.2 Å². The van der Waals surface area contributed by atoms with E-state index in [-0.39, 0.29) is 0 Å². The third kappa shape index (κ3) is 1.65. The Morgan fingerprint density at radius 3 is 2.46 bits per heavy atom. The smallest absolute Gasteiger partial charge is 0.0792 e. The van der Waals surface area contributed by atoms with Crippen LogP contribution >= 0.6 is 15.9 Å². The van der Waals surface area contributed by atoms with Gasteiger partial charge in [-0.05, 0) is 22.9 Å². The van der Waals surface area contributed by atoms with Crippen LogP contribution in [0.15, 0.2) is 34.9 Å². The molecule has 0 aliphatic carbocycles. The Morgan fingerprint density at radius 1 is 1.23 bits per heavy atom. The predicted molar refractivity (Wildman–Crippen MR) is 56.5 cm³/mol. The van der Waals surface area contributed by atoms with E-state index < -0.39 is 0 Å². The lowest BCUT2D eigenvalue weighted by Gasteiger charge is -1.98. The standard InChI is InChI=1S/C10H9BrN2/c1-7-2-4-8(5-3-7)10-9(11)6-12-13-10/h2-6H,1H3,(H,12,13). The fourth-order valence-corrected chi connectivity index (χ4v) is 1.61. The normalized spacial score (nSPS) is 10.3. The molecule has 66 valence electrons. The molecule has 1 aromatic heterocycles. The average molecular weight is 237 g/mol. The van der Waals surface area contributed by atoms with Crippen molar-refractivity contribution in [2.24, 2.45) is 0 Å². The second-order valence-electron chi connectivity index (χ2n) is 2.96. The van der Waals surface area contributed by atoms with E-state index in [4.69, 9.17) is 0 Å². The van der Waals surface area contributed by atoms with Crippen LogP contribution in [0.3, 0.4) is 0 Å². The highest BCUT2D eigenvalue weighted by Crippen LogP contribution is 2.25. The Kier molecular flexibility index (Phi) is 2.19. The maximum Gasteiger partial charge on any atom is 0.0792 e. The minimum absolute atomic E-state index is 0.997. The first-order valence-corrected chi connectivity index (χ1v) is 4.82. The van der Waals surface area contributed by atoms with Gasteiger partial charge < -0.3 is 0 Å². The van der Waals surface area contributed by atoms with Gasteiger partial charge >= 0.3 is 0 Å². The maximum atomic E-state index is 3.95. The number of nitrogens with zero attached hydrogens (tertiary/aromatic N) is 1. The number of nitrogens with one attached hydrogen (secondary N) is 1. The van der Waals surface area contributed by atoms with Crippen LogP contribution in [0.5, 0.6) is 0 Å². The molecule has 1 heterocycles. The minimum Gasteiger partial charge on any atom is -0.277 e. The quantitative estimate of drug-likeness (QED) is 0.810. The molecule has 2 aromatic rings. The van der Waals surface area contributed by atoms with E-state index in [0.717, 1.165) is 15.7 Å².